The normalized spacial score (nSPS) is 12.7. The lowest BCUT2D eigenvalue weighted by Crippen LogP contribution is -2.25. The van der Waals surface area contributed by atoms with Gasteiger partial charge in [0, 0.05) is 28.0 Å². The van der Waals surface area contributed by atoms with E-state index in [1.54, 1.807) is 18.4 Å². The van der Waals surface area contributed by atoms with Gasteiger partial charge in [-0.25, -0.2) is 0 Å². The molecule has 1 aromatic carbocycles. The lowest BCUT2D eigenvalue weighted by Gasteiger charge is -2.22. The molecule has 0 radical (unpaired) electrons. The van der Waals surface area contributed by atoms with Gasteiger partial charge >= 0.3 is 0 Å². The summed E-state index contributed by atoms with van der Waals surface area (Å²) in [5.74, 6) is 1.35. The van der Waals surface area contributed by atoms with Crippen molar-refractivity contribution in [1.82, 2.24) is 5.32 Å². The zero-order valence-electron chi connectivity index (χ0n) is 12.0. The van der Waals surface area contributed by atoms with Crippen LogP contribution in [-0.2, 0) is 6.54 Å². The summed E-state index contributed by atoms with van der Waals surface area (Å²) in [5, 5.41) is 6.45. The molecule has 2 rings (SSSR count). The lowest BCUT2D eigenvalue weighted by molar-refractivity contribution is 0.391. The summed E-state index contributed by atoms with van der Waals surface area (Å²) in [6.45, 7) is 5.14. The van der Waals surface area contributed by atoms with Gasteiger partial charge in [0.2, 0.25) is 0 Å². The molecule has 4 heteroatoms. The van der Waals surface area contributed by atoms with Gasteiger partial charge in [-0.15, -0.1) is 11.3 Å². The third kappa shape index (κ3) is 3.54. The molecular weight excluding hydrogens is 290 g/mol. The zero-order valence-corrected chi connectivity index (χ0v) is 13.6. The van der Waals surface area contributed by atoms with Crippen LogP contribution in [0.25, 0.3) is 0 Å². The largest absolute Gasteiger partial charge is 0.496 e. The maximum atomic E-state index is 6.28. The Hall–Kier alpha value is -1.03. The summed E-state index contributed by atoms with van der Waals surface area (Å²) >= 11 is 8.06. The predicted molar refractivity (Wildman–Crippen MR) is 86.7 cm³/mol. The highest BCUT2D eigenvalue weighted by atomic mass is 35.5. The van der Waals surface area contributed by atoms with E-state index in [-0.39, 0.29) is 0 Å². The number of ether oxygens (including phenoxy) is 1. The minimum atomic E-state index is 0.330. The SMILES string of the molecule is COc1cccc(Cl)c1CNC(c1cccs1)C(C)C. The van der Waals surface area contributed by atoms with Crippen LogP contribution in [0.15, 0.2) is 35.7 Å². The van der Waals surface area contributed by atoms with Gasteiger partial charge in [-0.3, -0.25) is 0 Å². The van der Waals surface area contributed by atoms with Crippen molar-refractivity contribution in [3.05, 3.63) is 51.2 Å². The van der Waals surface area contributed by atoms with E-state index < -0.39 is 0 Å². The Morgan fingerprint density at radius 1 is 1.25 bits per heavy atom. The highest BCUT2D eigenvalue weighted by Gasteiger charge is 2.17. The van der Waals surface area contributed by atoms with Crippen LogP contribution in [0.3, 0.4) is 0 Å². The average molecular weight is 310 g/mol. The fourth-order valence-electron chi connectivity index (χ4n) is 2.25. The first-order valence-electron chi connectivity index (χ1n) is 6.71. The van der Waals surface area contributed by atoms with E-state index in [4.69, 9.17) is 16.3 Å². The molecule has 2 aromatic rings. The van der Waals surface area contributed by atoms with Gasteiger partial charge < -0.3 is 10.1 Å². The second-order valence-electron chi connectivity index (χ2n) is 5.04. The van der Waals surface area contributed by atoms with Crippen LogP contribution in [0, 0.1) is 5.92 Å². The molecule has 0 aliphatic heterocycles. The number of hydrogen-bond acceptors (Lipinski definition) is 3. The molecule has 0 saturated carbocycles. The van der Waals surface area contributed by atoms with E-state index in [0.29, 0.717) is 18.5 Å². The Balaban J connectivity index is 2.14. The molecule has 0 saturated heterocycles. The van der Waals surface area contributed by atoms with Crippen molar-refractivity contribution in [2.24, 2.45) is 5.92 Å². The Morgan fingerprint density at radius 2 is 2.05 bits per heavy atom. The summed E-state index contributed by atoms with van der Waals surface area (Å²) in [6, 6.07) is 10.3. The fraction of sp³-hybridized carbons (Fsp3) is 0.375. The molecule has 0 bridgehead atoms. The van der Waals surface area contributed by atoms with Gasteiger partial charge in [0.25, 0.3) is 0 Å². The molecule has 0 amide bonds. The molecule has 108 valence electrons. The van der Waals surface area contributed by atoms with Crippen LogP contribution in [0.4, 0.5) is 0 Å². The van der Waals surface area contributed by atoms with Crippen molar-refractivity contribution in [1.29, 1.82) is 0 Å². The molecule has 0 aliphatic rings. The van der Waals surface area contributed by atoms with Gasteiger partial charge in [0.1, 0.15) is 5.75 Å². The summed E-state index contributed by atoms with van der Waals surface area (Å²) in [5.41, 5.74) is 1.01. The van der Waals surface area contributed by atoms with E-state index in [0.717, 1.165) is 16.3 Å². The van der Waals surface area contributed by atoms with E-state index in [1.807, 2.05) is 18.2 Å². The summed E-state index contributed by atoms with van der Waals surface area (Å²) in [6.07, 6.45) is 0. The molecule has 0 spiro atoms. The Kier molecular flexibility index (Phi) is 5.46. The van der Waals surface area contributed by atoms with Crippen molar-refractivity contribution < 1.29 is 4.74 Å². The van der Waals surface area contributed by atoms with E-state index in [9.17, 15) is 0 Å². The van der Waals surface area contributed by atoms with Crippen molar-refractivity contribution >= 4 is 22.9 Å². The van der Waals surface area contributed by atoms with Gasteiger partial charge in [-0.1, -0.05) is 37.6 Å². The van der Waals surface area contributed by atoms with Crippen LogP contribution < -0.4 is 10.1 Å². The Labute approximate surface area is 129 Å². The number of halogens is 1. The molecule has 20 heavy (non-hydrogen) atoms. The first-order chi connectivity index (χ1) is 9.63. The minimum absolute atomic E-state index is 0.330. The van der Waals surface area contributed by atoms with Gasteiger partial charge in [0.15, 0.2) is 0 Å². The highest BCUT2D eigenvalue weighted by molar-refractivity contribution is 7.10. The second kappa shape index (κ2) is 7.11. The van der Waals surface area contributed by atoms with Crippen molar-refractivity contribution in [2.45, 2.75) is 26.4 Å². The number of thiophene rings is 1. The van der Waals surface area contributed by atoms with Gasteiger partial charge in [0.05, 0.1) is 7.11 Å². The first kappa shape index (κ1) is 15.4. The smallest absolute Gasteiger partial charge is 0.124 e. The summed E-state index contributed by atoms with van der Waals surface area (Å²) < 4.78 is 5.39. The monoisotopic (exact) mass is 309 g/mol. The third-order valence-corrected chi connectivity index (χ3v) is 4.62. The Bertz CT molecular complexity index is 539. The fourth-order valence-corrected chi connectivity index (χ4v) is 3.45. The number of nitrogens with one attached hydrogen (secondary N) is 1. The molecule has 1 N–H and O–H groups in total. The molecule has 1 aromatic heterocycles. The van der Waals surface area contributed by atoms with E-state index in [1.165, 1.54) is 4.88 Å². The quantitative estimate of drug-likeness (QED) is 0.819. The molecular formula is C16H20ClNOS. The second-order valence-corrected chi connectivity index (χ2v) is 6.43. The van der Waals surface area contributed by atoms with Crippen molar-refractivity contribution in [3.8, 4) is 5.75 Å². The van der Waals surface area contributed by atoms with Crippen LogP contribution >= 0.6 is 22.9 Å². The van der Waals surface area contributed by atoms with Crippen LogP contribution in [0.5, 0.6) is 5.75 Å². The van der Waals surface area contributed by atoms with Crippen LogP contribution in [0.1, 0.15) is 30.3 Å². The summed E-state index contributed by atoms with van der Waals surface area (Å²) in [4.78, 5) is 1.35. The molecule has 1 unspecified atom stereocenters. The third-order valence-electron chi connectivity index (χ3n) is 3.31. The van der Waals surface area contributed by atoms with E-state index >= 15 is 0 Å². The van der Waals surface area contributed by atoms with Crippen LogP contribution in [0.2, 0.25) is 5.02 Å². The molecule has 1 atom stereocenters. The van der Waals surface area contributed by atoms with Crippen LogP contribution in [-0.4, -0.2) is 7.11 Å². The predicted octanol–water partition coefficient (Wildman–Crippen LogP) is 4.90. The van der Waals surface area contributed by atoms with Crippen molar-refractivity contribution in [2.75, 3.05) is 7.11 Å². The molecule has 0 aliphatic carbocycles. The lowest BCUT2D eigenvalue weighted by atomic mass is 10.0. The molecule has 2 nitrogen and oxygen atoms in total. The molecule has 0 fully saturated rings. The number of hydrogen-bond donors (Lipinski definition) is 1. The highest BCUT2D eigenvalue weighted by Crippen LogP contribution is 2.29. The van der Waals surface area contributed by atoms with Gasteiger partial charge in [-0.05, 0) is 29.5 Å². The molecule has 1 heterocycles. The number of methoxy groups -OCH3 is 1. The zero-order chi connectivity index (χ0) is 14.5. The number of rotatable bonds is 6. The maximum absolute atomic E-state index is 6.28. The van der Waals surface area contributed by atoms with E-state index in [2.05, 4.69) is 36.7 Å². The van der Waals surface area contributed by atoms with Gasteiger partial charge in [-0.2, -0.15) is 0 Å². The standard InChI is InChI=1S/C16H20ClNOS/c1-11(2)16(15-8-5-9-20-15)18-10-12-13(17)6-4-7-14(12)19-3/h4-9,11,16,18H,10H2,1-3H3. The maximum Gasteiger partial charge on any atom is 0.124 e. The summed E-state index contributed by atoms with van der Waals surface area (Å²) in [7, 11) is 1.67. The number of benzene rings is 1. The average Bonchev–Trinajstić information content (AvgIpc) is 2.94. The first-order valence-corrected chi connectivity index (χ1v) is 7.97. The topological polar surface area (TPSA) is 21.3 Å². The Morgan fingerprint density at radius 3 is 2.65 bits per heavy atom. The minimum Gasteiger partial charge on any atom is -0.496 e. The van der Waals surface area contributed by atoms with Crippen molar-refractivity contribution in [3.63, 3.8) is 0 Å².